The standard InChI is InChI=1S/C14H18FN3O3/c1-18-12(20)9-4-5-21-7-14(9,17-13(18)16)10-6-8(19)2-3-11(10)15/h3,6,8-9,19H,2,4-5,7H2,1H3,(H2,16,17). The molecule has 3 aliphatic rings. The second-order valence-corrected chi connectivity index (χ2v) is 5.67. The summed E-state index contributed by atoms with van der Waals surface area (Å²) in [6, 6.07) is 0. The Bertz CT molecular complexity index is 560. The highest BCUT2D eigenvalue weighted by atomic mass is 19.1. The molecule has 3 N–H and O–H groups in total. The minimum atomic E-state index is -1.11. The highest BCUT2D eigenvalue weighted by Crippen LogP contribution is 2.41. The molecule has 0 bridgehead atoms. The predicted octanol–water partition coefficient (Wildman–Crippen LogP) is 0.302. The molecule has 114 valence electrons. The van der Waals surface area contributed by atoms with Crippen molar-refractivity contribution in [1.82, 2.24) is 10.2 Å². The molecule has 21 heavy (non-hydrogen) atoms. The lowest BCUT2D eigenvalue weighted by molar-refractivity contribution is -0.140. The Balaban J connectivity index is 2.08. The molecule has 3 unspecified atom stereocenters. The monoisotopic (exact) mass is 295 g/mol. The molecule has 0 aromatic carbocycles. The van der Waals surface area contributed by atoms with Crippen molar-refractivity contribution in [3.8, 4) is 0 Å². The predicted molar refractivity (Wildman–Crippen MR) is 73.2 cm³/mol. The topological polar surface area (TPSA) is 85.7 Å². The van der Waals surface area contributed by atoms with Crippen LogP contribution in [0.3, 0.4) is 0 Å². The van der Waals surface area contributed by atoms with E-state index in [0.717, 1.165) is 0 Å². The van der Waals surface area contributed by atoms with Gasteiger partial charge in [0.15, 0.2) is 5.96 Å². The van der Waals surface area contributed by atoms with Crippen LogP contribution in [0.1, 0.15) is 12.8 Å². The number of hydrogen-bond donors (Lipinski definition) is 3. The Morgan fingerprint density at radius 3 is 3.14 bits per heavy atom. The van der Waals surface area contributed by atoms with Crippen molar-refractivity contribution in [1.29, 1.82) is 5.41 Å². The molecule has 0 radical (unpaired) electrons. The van der Waals surface area contributed by atoms with E-state index in [0.29, 0.717) is 13.0 Å². The van der Waals surface area contributed by atoms with Crippen molar-refractivity contribution in [2.75, 3.05) is 20.3 Å². The number of aliphatic hydroxyl groups is 1. The number of amides is 1. The number of ether oxygens (including phenoxy) is 1. The number of aliphatic hydroxyl groups excluding tert-OH is 1. The molecule has 0 saturated carbocycles. The van der Waals surface area contributed by atoms with Crippen LogP contribution in [0.2, 0.25) is 0 Å². The highest BCUT2D eigenvalue weighted by Gasteiger charge is 2.54. The third-order valence-electron chi connectivity index (χ3n) is 4.42. The van der Waals surface area contributed by atoms with E-state index in [9.17, 15) is 14.3 Å². The van der Waals surface area contributed by atoms with Crippen LogP contribution in [0.4, 0.5) is 4.39 Å². The van der Waals surface area contributed by atoms with Crippen LogP contribution in [-0.2, 0) is 9.53 Å². The number of hydrogen-bond acceptors (Lipinski definition) is 4. The van der Waals surface area contributed by atoms with Crippen molar-refractivity contribution in [3.63, 3.8) is 0 Å². The first-order valence-electron chi connectivity index (χ1n) is 6.94. The summed E-state index contributed by atoms with van der Waals surface area (Å²) in [5.74, 6) is -1.29. The summed E-state index contributed by atoms with van der Waals surface area (Å²) in [6.07, 6.45) is 2.61. The molecule has 2 fully saturated rings. The van der Waals surface area contributed by atoms with Gasteiger partial charge >= 0.3 is 0 Å². The maximum Gasteiger partial charge on any atom is 0.235 e. The molecule has 1 aliphatic carbocycles. The summed E-state index contributed by atoms with van der Waals surface area (Å²) in [4.78, 5) is 13.7. The third kappa shape index (κ3) is 2.08. The second-order valence-electron chi connectivity index (χ2n) is 5.67. The zero-order valence-electron chi connectivity index (χ0n) is 11.7. The van der Waals surface area contributed by atoms with Gasteiger partial charge in [0.25, 0.3) is 0 Å². The molecule has 2 aliphatic heterocycles. The SMILES string of the molecule is CN1C(=N)NC2(C3=CC(O)CC=C3F)COCCC2C1=O. The van der Waals surface area contributed by atoms with Gasteiger partial charge in [-0.25, -0.2) is 4.39 Å². The molecule has 6 nitrogen and oxygen atoms in total. The van der Waals surface area contributed by atoms with Crippen molar-refractivity contribution >= 4 is 11.9 Å². The second kappa shape index (κ2) is 4.92. The normalized spacial score (nSPS) is 36.6. The van der Waals surface area contributed by atoms with Gasteiger partial charge < -0.3 is 15.2 Å². The lowest BCUT2D eigenvalue weighted by Crippen LogP contribution is -2.71. The average Bonchev–Trinajstić information content (AvgIpc) is 2.47. The first kappa shape index (κ1) is 14.2. The van der Waals surface area contributed by atoms with Gasteiger partial charge in [-0.2, -0.15) is 0 Å². The van der Waals surface area contributed by atoms with Crippen molar-refractivity contribution in [3.05, 3.63) is 23.6 Å². The number of nitrogens with zero attached hydrogens (tertiary/aromatic N) is 1. The maximum atomic E-state index is 14.3. The molecule has 0 aromatic heterocycles. The van der Waals surface area contributed by atoms with Crippen molar-refractivity contribution in [2.45, 2.75) is 24.5 Å². The summed E-state index contributed by atoms with van der Waals surface area (Å²) < 4.78 is 19.8. The van der Waals surface area contributed by atoms with Gasteiger partial charge in [0.2, 0.25) is 5.91 Å². The zero-order chi connectivity index (χ0) is 15.2. The van der Waals surface area contributed by atoms with Gasteiger partial charge in [0, 0.05) is 19.2 Å². The minimum absolute atomic E-state index is 0.0875. The Morgan fingerprint density at radius 1 is 1.62 bits per heavy atom. The van der Waals surface area contributed by atoms with E-state index in [2.05, 4.69) is 5.32 Å². The summed E-state index contributed by atoms with van der Waals surface area (Å²) in [7, 11) is 1.52. The van der Waals surface area contributed by atoms with Crippen LogP contribution in [-0.4, -0.2) is 53.8 Å². The average molecular weight is 295 g/mol. The van der Waals surface area contributed by atoms with Gasteiger partial charge in [-0.1, -0.05) is 0 Å². The summed E-state index contributed by atoms with van der Waals surface area (Å²) in [5.41, 5.74) is -0.891. The number of carbonyl (C=O) groups is 1. The Kier molecular flexibility index (Phi) is 3.33. The molecule has 7 heteroatoms. The van der Waals surface area contributed by atoms with Crippen LogP contribution in [0.25, 0.3) is 0 Å². The first-order valence-corrected chi connectivity index (χ1v) is 6.94. The number of rotatable bonds is 1. The molecule has 3 rings (SSSR count). The molecule has 0 spiro atoms. The van der Waals surface area contributed by atoms with Crippen LogP contribution >= 0.6 is 0 Å². The number of fused-ring (bicyclic) bond motifs is 1. The molecule has 2 saturated heterocycles. The first-order chi connectivity index (χ1) is 9.95. The Morgan fingerprint density at radius 2 is 2.38 bits per heavy atom. The smallest absolute Gasteiger partial charge is 0.235 e. The summed E-state index contributed by atoms with van der Waals surface area (Å²) in [5, 5.41) is 20.6. The van der Waals surface area contributed by atoms with Crippen molar-refractivity contribution < 1.29 is 19.0 Å². The van der Waals surface area contributed by atoms with Gasteiger partial charge in [-0.15, -0.1) is 0 Å². The van der Waals surface area contributed by atoms with E-state index < -0.39 is 23.4 Å². The number of nitrogens with one attached hydrogen (secondary N) is 2. The van der Waals surface area contributed by atoms with E-state index in [4.69, 9.17) is 10.1 Å². The third-order valence-corrected chi connectivity index (χ3v) is 4.42. The van der Waals surface area contributed by atoms with Gasteiger partial charge in [0.05, 0.1) is 18.6 Å². The summed E-state index contributed by atoms with van der Waals surface area (Å²) in [6.45, 7) is 0.515. The van der Waals surface area contributed by atoms with Gasteiger partial charge in [0.1, 0.15) is 11.4 Å². The number of guanidine groups is 1. The molecule has 1 amide bonds. The highest BCUT2D eigenvalue weighted by molar-refractivity contribution is 6.01. The van der Waals surface area contributed by atoms with Crippen LogP contribution in [0, 0.1) is 11.3 Å². The Labute approximate surface area is 121 Å². The van der Waals surface area contributed by atoms with Crippen LogP contribution in [0.5, 0.6) is 0 Å². The molecule has 2 heterocycles. The molecular weight excluding hydrogens is 277 g/mol. The van der Waals surface area contributed by atoms with E-state index >= 15 is 0 Å². The Hall–Kier alpha value is -1.73. The lowest BCUT2D eigenvalue weighted by atomic mass is 9.71. The van der Waals surface area contributed by atoms with E-state index in [-0.39, 0.29) is 30.5 Å². The quantitative estimate of drug-likeness (QED) is 0.649. The number of halogens is 1. The van der Waals surface area contributed by atoms with E-state index in [1.54, 1.807) is 0 Å². The van der Waals surface area contributed by atoms with E-state index in [1.807, 2.05) is 0 Å². The van der Waals surface area contributed by atoms with Gasteiger partial charge in [-0.3, -0.25) is 15.1 Å². The minimum Gasteiger partial charge on any atom is -0.389 e. The fraction of sp³-hybridized carbons (Fsp3) is 0.571. The van der Waals surface area contributed by atoms with Crippen molar-refractivity contribution in [2.24, 2.45) is 5.92 Å². The molecule has 0 aromatic rings. The van der Waals surface area contributed by atoms with Crippen LogP contribution in [0.15, 0.2) is 23.6 Å². The van der Waals surface area contributed by atoms with E-state index in [1.165, 1.54) is 24.1 Å². The summed E-state index contributed by atoms with van der Waals surface area (Å²) >= 11 is 0. The van der Waals surface area contributed by atoms with Crippen LogP contribution < -0.4 is 5.32 Å². The number of carbonyl (C=O) groups excluding carboxylic acids is 1. The maximum absolute atomic E-state index is 14.3. The molecule has 3 atom stereocenters. The largest absolute Gasteiger partial charge is 0.389 e. The fourth-order valence-electron chi connectivity index (χ4n) is 3.25. The molecular formula is C14H18FN3O3. The van der Waals surface area contributed by atoms with Gasteiger partial charge in [-0.05, 0) is 25.0 Å². The fourth-order valence-corrected chi connectivity index (χ4v) is 3.25. The zero-order valence-corrected chi connectivity index (χ0v) is 11.7. The lowest BCUT2D eigenvalue weighted by Gasteiger charge is -2.50.